The fourth-order valence-electron chi connectivity index (χ4n) is 1.15. The summed E-state index contributed by atoms with van der Waals surface area (Å²) in [6.07, 6.45) is 1.05. The number of rotatable bonds is 2. The molecule has 6 nitrogen and oxygen atoms in total. The van der Waals surface area contributed by atoms with E-state index in [1.165, 1.54) is 7.11 Å². The Morgan fingerprint density at radius 3 is 2.81 bits per heavy atom. The maximum atomic E-state index is 11.0. The van der Waals surface area contributed by atoms with Crippen LogP contribution in [0.5, 0.6) is 0 Å². The number of alkyl carbamates (subject to hydrolysis) is 1. The molecule has 1 heterocycles. The van der Waals surface area contributed by atoms with Gasteiger partial charge >= 0.3 is 6.09 Å². The monoisotopic (exact) mass is 250 g/mol. The zero-order chi connectivity index (χ0) is 12.6. The lowest BCUT2D eigenvalue weighted by molar-refractivity contribution is -0.146. The molecule has 7 heteroatoms. The SMILES string of the molecule is COC(=O)NCC1CN(C)C(=O)CO1.CS. The molecule has 1 rings (SSSR count). The summed E-state index contributed by atoms with van der Waals surface area (Å²) in [4.78, 5) is 23.3. The van der Waals surface area contributed by atoms with E-state index in [-0.39, 0.29) is 18.6 Å². The Labute approximate surface area is 101 Å². The number of ether oxygens (including phenoxy) is 2. The van der Waals surface area contributed by atoms with Crippen molar-refractivity contribution in [3.05, 3.63) is 0 Å². The first kappa shape index (κ1) is 15.0. The minimum Gasteiger partial charge on any atom is -0.453 e. The van der Waals surface area contributed by atoms with Crippen LogP contribution in [0, 0.1) is 0 Å². The van der Waals surface area contributed by atoms with E-state index >= 15 is 0 Å². The second-order valence-electron chi connectivity index (χ2n) is 3.08. The zero-order valence-corrected chi connectivity index (χ0v) is 10.6. The molecule has 0 aromatic rings. The van der Waals surface area contributed by atoms with Gasteiger partial charge in [0.1, 0.15) is 6.61 Å². The van der Waals surface area contributed by atoms with Gasteiger partial charge in [0, 0.05) is 20.1 Å². The van der Waals surface area contributed by atoms with Crippen LogP contribution in [0.15, 0.2) is 0 Å². The van der Waals surface area contributed by atoms with E-state index in [1.807, 2.05) is 0 Å². The van der Waals surface area contributed by atoms with Gasteiger partial charge in [0.25, 0.3) is 0 Å². The Hall–Kier alpha value is -0.950. The summed E-state index contributed by atoms with van der Waals surface area (Å²) < 4.78 is 9.60. The highest BCUT2D eigenvalue weighted by atomic mass is 32.1. The van der Waals surface area contributed by atoms with Gasteiger partial charge in [-0.05, 0) is 6.26 Å². The van der Waals surface area contributed by atoms with Gasteiger partial charge in [-0.3, -0.25) is 4.79 Å². The fourth-order valence-corrected chi connectivity index (χ4v) is 1.15. The van der Waals surface area contributed by atoms with Gasteiger partial charge < -0.3 is 19.7 Å². The number of nitrogens with zero attached hydrogens (tertiary/aromatic N) is 1. The smallest absolute Gasteiger partial charge is 0.406 e. The second-order valence-corrected chi connectivity index (χ2v) is 3.08. The normalized spacial score (nSPS) is 19.6. The fraction of sp³-hybridized carbons (Fsp3) is 0.778. The molecule has 1 atom stereocenters. The molecule has 1 saturated heterocycles. The number of hydrogen-bond donors (Lipinski definition) is 2. The summed E-state index contributed by atoms with van der Waals surface area (Å²) in [5, 5.41) is 2.51. The molecular formula is C9H18N2O4S. The van der Waals surface area contributed by atoms with E-state index in [0.29, 0.717) is 13.1 Å². The first-order chi connectivity index (χ1) is 7.63. The molecule has 2 amide bonds. The quantitative estimate of drug-likeness (QED) is 0.663. The van der Waals surface area contributed by atoms with Crippen LogP contribution in [0.2, 0.25) is 0 Å². The van der Waals surface area contributed by atoms with Gasteiger partial charge in [0.15, 0.2) is 0 Å². The lowest BCUT2D eigenvalue weighted by Gasteiger charge is -2.29. The van der Waals surface area contributed by atoms with Crippen LogP contribution < -0.4 is 5.32 Å². The molecule has 94 valence electrons. The molecule has 0 aromatic carbocycles. The van der Waals surface area contributed by atoms with Crippen LogP contribution >= 0.6 is 12.6 Å². The van der Waals surface area contributed by atoms with Crippen molar-refractivity contribution < 1.29 is 19.1 Å². The van der Waals surface area contributed by atoms with Crippen LogP contribution in [-0.4, -0.2) is 63.1 Å². The Bertz CT molecular complexity index is 238. The zero-order valence-electron chi connectivity index (χ0n) is 9.73. The standard InChI is InChI=1S/C8H14N2O4.CH4S/c1-10-4-6(14-5-7(10)11)3-9-8(12)13-2;1-2/h6H,3-5H2,1-2H3,(H,9,12);2H,1H3. The molecule has 0 aliphatic carbocycles. The van der Waals surface area contributed by atoms with Crippen molar-refractivity contribution in [3.8, 4) is 0 Å². The summed E-state index contributed by atoms with van der Waals surface area (Å²) in [5.41, 5.74) is 0. The number of likely N-dealkylation sites (N-methyl/N-ethyl adjacent to an activating group) is 1. The molecule has 0 bridgehead atoms. The van der Waals surface area contributed by atoms with Crippen molar-refractivity contribution in [2.75, 3.05) is 40.1 Å². The van der Waals surface area contributed by atoms with Gasteiger partial charge in [0.2, 0.25) is 5.91 Å². The van der Waals surface area contributed by atoms with Crippen LogP contribution in [0.3, 0.4) is 0 Å². The first-order valence-corrected chi connectivity index (χ1v) is 5.65. The van der Waals surface area contributed by atoms with Gasteiger partial charge in [0.05, 0.1) is 13.2 Å². The third-order valence-corrected chi connectivity index (χ3v) is 2.01. The number of nitrogens with one attached hydrogen (secondary N) is 1. The van der Waals surface area contributed by atoms with E-state index in [4.69, 9.17) is 4.74 Å². The predicted octanol–water partition coefficient (Wildman–Crippen LogP) is -0.254. The largest absolute Gasteiger partial charge is 0.453 e. The van der Waals surface area contributed by atoms with Gasteiger partial charge in [-0.2, -0.15) is 12.6 Å². The van der Waals surface area contributed by atoms with Crippen molar-refractivity contribution >= 4 is 24.6 Å². The first-order valence-electron chi connectivity index (χ1n) is 4.75. The van der Waals surface area contributed by atoms with Crippen molar-refractivity contribution in [1.29, 1.82) is 0 Å². The number of morpholine rings is 1. The van der Waals surface area contributed by atoms with Gasteiger partial charge in [-0.15, -0.1) is 0 Å². The van der Waals surface area contributed by atoms with Crippen LogP contribution in [0.25, 0.3) is 0 Å². The number of hydrogen-bond acceptors (Lipinski definition) is 5. The van der Waals surface area contributed by atoms with Gasteiger partial charge in [-0.1, -0.05) is 0 Å². The van der Waals surface area contributed by atoms with Crippen molar-refractivity contribution in [1.82, 2.24) is 10.2 Å². The maximum Gasteiger partial charge on any atom is 0.406 e. The van der Waals surface area contributed by atoms with E-state index in [9.17, 15) is 9.59 Å². The number of thiol groups is 1. The van der Waals surface area contributed by atoms with Gasteiger partial charge in [-0.25, -0.2) is 4.79 Å². The van der Waals surface area contributed by atoms with E-state index in [2.05, 4.69) is 22.7 Å². The lowest BCUT2D eigenvalue weighted by atomic mass is 10.3. The molecule has 1 N–H and O–H groups in total. The van der Waals surface area contributed by atoms with Crippen LogP contribution in [0.4, 0.5) is 4.79 Å². The molecule has 16 heavy (non-hydrogen) atoms. The molecule has 0 radical (unpaired) electrons. The molecule has 1 aliphatic rings. The highest BCUT2D eigenvalue weighted by Crippen LogP contribution is 2.02. The van der Waals surface area contributed by atoms with Crippen molar-refractivity contribution in [2.24, 2.45) is 0 Å². The van der Waals surface area contributed by atoms with Crippen LogP contribution in [-0.2, 0) is 14.3 Å². The summed E-state index contributed by atoms with van der Waals surface area (Å²) in [5.74, 6) is -0.0423. The highest BCUT2D eigenvalue weighted by Gasteiger charge is 2.23. The summed E-state index contributed by atoms with van der Waals surface area (Å²) in [7, 11) is 3.00. The number of carbonyl (C=O) groups is 2. The van der Waals surface area contributed by atoms with E-state index in [1.54, 1.807) is 18.2 Å². The maximum absolute atomic E-state index is 11.0. The summed E-state index contributed by atoms with van der Waals surface area (Å²) in [6.45, 7) is 0.914. The van der Waals surface area contributed by atoms with E-state index < -0.39 is 6.09 Å². The second kappa shape index (κ2) is 8.23. The minimum absolute atomic E-state index is 0.0423. The number of methoxy groups -OCH3 is 1. The average Bonchev–Trinajstić information content (AvgIpc) is 2.33. The Morgan fingerprint density at radius 2 is 2.31 bits per heavy atom. The van der Waals surface area contributed by atoms with Crippen molar-refractivity contribution in [2.45, 2.75) is 6.10 Å². The Kier molecular flexibility index (Phi) is 7.74. The average molecular weight is 250 g/mol. The Balaban J connectivity index is 0.00000106. The van der Waals surface area contributed by atoms with Crippen LogP contribution in [0.1, 0.15) is 0 Å². The molecule has 0 aromatic heterocycles. The predicted molar refractivity (Wildman–Crippen MR) is 62.7 cm³/mol. The molecule has 1 unspecified atom stereocenters. The van der Waals surface area contributed by atoms with Crippen molar-refractivity contribution in [3.63, 3.8) is 0 Å². The molecule has 0 saturated carbocycles. The number of amides is 2. The minimum atomic E-state index is -0.492. The Morgan fingerprint density at radius 1 is 1.69 bits per heavy atom. The third kappa shape index (κ3) is 5.22. The molecule has 1 aliphatic heterocycles. The topological polar surface area (TPSA) is 67.9 Å². The summed E-state index contributed by atoms with van der Waals surface area (Å²) in [6, 6.07) is 0. The molecule has 1 fully saturated rings. The lowest BCUT2D eigenvalue weighted by Crippen LogP contribution is -2.48. The highest BCUT2D eigenvalue weighted by molar-refractivity contribution is 7.79. The third-order valence-electron chi connectivity index (χ3n) is 2.01. The molecule has 0 spiro atoms. The number of carbonyl (C=O) groups excluding carboxylic acids is 2. The van der Waals surface area contributed by atoms with E-state index in [0.717, 1.165) is 0 Å². The summed E-state index contributed by atoms with van der Waals surface area (Å²) >= 11 is 3.53. The molecular weight excluding hydrogens is 232 g/mol.